The summed E-state index contributed by atoms with van der Waals surface area (Å²) in [6.45, 7) is 6.22. The summed E-state index contributed by atoms with van der Waals surface area (Å²) in [5, 5.41) is 2.74. The Labute approximate surface area is 130 Å². The third-order valence-electron chi connectivity index (χ3n) is 4.20. The number of ether oxygens (including phenoxy) is 1. The Morgan fingerprint density at radius 2 is 1.95 bits per heavy atom. The number of anilines is 1. The second-order valence-corrected chi connectivity index (χ2v) is 5.90. The smallest absolute Gasteiger partial charge is 0.340 e. The van der Waals surface area contributed by atoms with Crippen molar-refractivity contribution in [2.75, 3.05) is 33.1 Å². The summed E-state index contributed by atoms with van der Waals surface area (Å²) in [5.41, 5.74) is 0.784. The fraction of sp³-hybridized carbons (Fsp3) is 0.500. The molecule has 0 heterocycles. The van der Waals surface area contributed by atoms with Gasteiger partial charge in [-0.05, 0) is 38.5 Å². The molecule has 1 aromatic rings. The maximum absolute atomic E-state index is 13.5. The van der Waals surface area contributed by atoms with Gasteiger partial charge in [-0.3, -0.25) is 4.79 Å². The van der Waals surface area contributed by atoms with E-state index in [1.807, 2.05) is 27.9 Å². The number of carbonyl (C=O) groups excluding carboxylic acids is 2. The molecular weight excluding hydrogens is 287 g/mol. The Hall–Kier alpha value is -1.95. The second-order valence-electron chi connectivity index (χ2n) is 5.90. The zero-order valence-corrected chi connectivity index (χ0v) is 14.0. The van der Waals surface area contributed by atoms with Crippen LogP contribution in [0.2, 0.25) is 0 Å². The van der Waals surface area contributed by atoms with Crippen LogP contribution in [0.4, 0.5) is 10.1 Å². The average molecular weight is 311 g/mol. The summed E-state index contributed by atoms with van der Waals surface area (Å²) >= 11 is 0. The first-order valence-corrected chi connectivity index (χ1v) is 7.16. The summed E-state index contributed by atoms with van der Waals surface area (Å²) in [7, 11) is 5.11. The first-order valence-electron chi connectivity index (χ1n) is 7.16. The van der Waals surface area contributed by atoms with E-state index in [0.717, 1.165) is 12.6 Å². The van der Waals surface area contributed by atoms with Gasteiger partial charge in [-0.1, -0.05) is 0 Å². The zero-order valence-electron chi connectivity index (χ0n) is 14.0. The molecule has 1 amide bonds. The molecule has 1 aromatic carbocycles. The standard InChI is InChI=1S/C16H23FN2O3/c1-7-19(4,5)11(3)15(20)18-14-10(2)8-12(17)9-13(14)16(21)22-6/h8-9,11H,7H2,1-6H3/p+1. The minimum atomic E-state index is -0.685. The number of hydrogen-bond acceptors (Lipinski definition) is 3. The molecule has 22 heavy (non-hydrogen) atoms. The largest absolute Gasteiger partial charge is 0.465 e. The average Bonchev–Trinajstić information content (AvgIpc) is 2.47. The number of aryl methyl sites for hydroxylation is 1. The van der Waals surface area contributed by atoms with E-state index >= 15 is 0 Å². The third-order valence-corrected chi connectivity index (χ3v) is 4.20. The van der Waals surface area contributed by atoms with E-state index in [9.17, 15) is 14.0 Å². The van der Waals surface area contributed by atoms with Crippen molar-refractivity contribution < 1.29 is 23.2 Å². The number of methoxy groups -OCH3 is 1. The highest BCUT2D eigenvalue weighted by molar-refractivity contribution is 6.03. The van der Waals surface area contributed by atoms with E-state index in [4.69, 9.17) is 0 Å². The van der Waals surface area contributed by atoms with E-state index in [1.54, 1.807) is 6.92 Å². The molecule has 0 aliphatic rings. The lowest BCUT2D eigenvalue weighted by molar-refractivity contribution is -0.902. The van der Waals surface area contributed by atoms with Crippen LogP contribution < -0.4 is 5.32 Å². The van der Waals surface area contributed by atoms with Gasteiger partial charge in [0, 0.05) is 0 Å². The highest BCUT2D eigenvalue weighted by atomic mass is 19.1. The van der Waals surface area contributed by atoms with Crippen LogP contribution in [-0.4, -0.2) is 50.2 Å². The Kier molecular flexibility index (Phi) is 5.65. The van der Waals surface area contributed by atoms with Crippen molar-refractivity contribution >= 4 is 17.6 Å². The molecule has 0 saturated heterocycles. The van der Waals surface area contributed by atoms with Crippen molar-refractivity contribution in [2.45, 2.75) is 26.8 Å². The predicted molar refractivity (Wildman–Crippen MR) is 83.2 cm³/mol. The fourth-order valence-corrected chi connectivity index (χ4v) is 2.00. The van der Waals surface area contributed by atoms with Gasteiger partial charge in [0.25, 0.3) is 5.91 Å². The maximum Gasteiger partial charge on any atom is 0.340 e. The topological polar surface area (TPSA) is 55.4 Å². The van der Waals surface area contributed by atoms with Crippen LogP contribution in [0.15, 0.2) is 12.1 Å². The molecule has 5 nitrogen and oxygen atoms in total. The van der Waals surface area contributed by atoms with E-state index in [2.05, 4.69) is 10.1 Å². The summed E-state index contributed by atoms with van der Waals surface area (Å²) in [6, 6.07) is 2.02. The van der Waals surface area contributed by atoms with Gasteiger partial charge in [0.05, 0.1) is 39.0 Å². The van der Waals surface area contributed by atoms with Gasteiger partial charge < -0.3 is 14.5 Å². The molecule has 0 aromatic heterocycles. The molecule has 1 rings (SSSR count). The Bertz CT molecular complexity index is 585. The summed E-state index contributed by atoms with van der Waals surface area (Å²) < 4.78 is 18.7. The lowest BCUT2D eigenvalue weighted by atomic mass is 10.1. The number of amides is 1. The zero-order chi connectivity index (χ0) is 17.1. The predicted octanol–water partition coefficient (Wildman–Crippen LogP) is 2.34. The van der Waals surface area contributed by atoms with Crippen LogP contribution >= 0.6 is 0 Å². The normalized spacial score (nSPS) is 12.7. The Morgan fingerprint density at radius 1 is 1.36 bits per heavy atom. The molecule has 0 bridgehead atoms. The van der Waals surface area contributed by atoms with Gasteiger partial charge in [-0.15, -0.1) is 0 Å². The molecular formula is C16H24FN2O3+. The fourth-order valence-electron chi connectivity index (χ4n) is 2.00. The summed E-state index contributed by atoms with van der Waals surface area (Å²) in [5.74, 6) is -1.46. The van der Waals surface area contributed by atoms with Crippen molar-refractivity contribution in [3.8, 4) is 0 Å². The molecule has 6 heteroatoms. The SMILES string of the molecule is CC[N+](C)(C)C(C)C(=O)Nc1c(C)cc(F)cc1C(=O)OC. The first kappa shape index (κ1) is 18.1. The summed E-state index contributed by atoms with van der Waals surface area (Å²) in [6.07, 6.45) is 0. The van der Waals surface area contributed by atoms with Crippen molar-refractivity contribution in [3.63, 3.8) is 0 Å². The number of rotatable bonds is 5. The monoisotopic (exact) mass is 311 g/mol. The quantitative estimate of drug-likeness (QED) is 0.671. The molecule has 1 atom stereocenters. The van der Waals surface area contributed by atoms with Crippen molar-refractivity contribution in [1.29, 1.82) is 0 Å². The highest BCUT2D eigenvalue weighted by Gasteiger charge is 2.30. The molecule has 0 fully saturated rings. The molecule has 1 N–H and O–H groups in total. The number of benzene rings is 1. The van der Waals surface area contributed by atoms with Gasteiger partial charge in [0.15, 0.2) is 6.04 Å². The van der Waals surface area contributed by atoms with Crippen LogP contribution in [0.25, 0.3) is 0 Å². The second kappa shape index (κ2) is 6.87. The minimum Gasteiger partial charge on any atom is -0.465 e. The molecule has 0 spiro atoms. The van der Waals surface area contributed by atoms with Crippen LogP contribution in [0.3, 0.4) is 0 Å². The van der Waals surface area contributed by atoms with E-state index < -0.39 is 11.8 Å². The lowest BCUT2D eigenvalue weighted by Crippen LogP contribution is -2.52. The maximum atomic E-state index is 13.5. The number of likely N-dealkylation sites (N-methyl/N-ethyl adjacent to an activating group) is 1. The minimum absolute atomic E-state index is 0.0161. The van der Waals surface area contributed by atoms with Gasteiger partial charge in [-0.25, -0.2) is 9.18 Å². The number of nitrogens with zero attached hydrogens (tertiary/aromatic N) is 1. The number of carbonyl (C=O) groups is 2. The number of hydrogen-bond donors (Lipinski definition) is 1. The molecule has 0 radical (unpaired) electrons. The van der Waals surface area contributed by atoms with Crippen LogP contribution in [0.1, 0.15) is 29.8 Å². The number of nitrogens with one attached hydrogen (secondary N) is 1. The molecule has 0 aliphatic carbocycles. The number of quaternary nitrogens is 1. The molecule has 0 aliphatic heterocycles. The molecule has 1 unspecified atom stereocenters. The van der Waals surface area contributed by atoms with Crippen LogP contribution in [-0.2, 0) is 9.53 Å². The van der Waals surface area contributed by atoms with E-state index in [0.29, 0.717) is 15.7 Å². The first-order chi connectivity index (χ1) is 10.1. The molecule has 0 saturated carbocycles. The van der Waals surface area contributed by atoms with Crippen molar-refractivity contribution in [3.05, 3.63) is 29.1 Å². The van der Waals surface area contributed by atoms with Crippen molar-refractivity contribution in [2.24, 2.45) is 0 Å². The number of halogens is 1. The van der Waals surface area contributed by atoms with Gasteiger partial charge in [0.1, 0.15) is 5.82 Å². The van der Waals surface area contributed by atoms with Crippen LogP contribution in [0.5, 0.6) is 0 Å². The van der Waals surface area contributed by atoms with E-state index in [-0.39, 0.29) is 17.5 Å². The summed E-state index contributed by atoms with van der Waals surface area (Å²) in [4.78, 5) is 24.2. The van der Waals surface area contributed by atoms with Crippen molar-refractivity contribution in [1.82, 2.24) is 0 Å². The molecule has 122 valence electrons. The highest BCUT2D eigenvalue weighted by Crippen LogP contribution is 2.24. The van der Waals surface area contributed by atoms with E-state index in [1.165, 1.54) is 13.2 Å². The van der Waals surface area contributed by atoms with Gasteiger partial charge in [-0.2, -0.15) is 0 Å². The third kappa shape index (κ3) is 3.82. The number of esters is 1. The van der Waals surface area contributed by atoms with Crippen LogP contribution in [0, 0.1) is 12.7 Å². The lowest BCUT2D eigenvalue weighted by Gasteiger charge is -2.34. The Morgan fingerprint density at radius 3 is 2.45 bits per heavy atom. The van der Waals surface area contributed by atoms with Gasteiger partial charge in [0.2, 0.25) is 0 Å². The Balaban J connectivity index is 3.17. The van der Waals surface area contributed by atoms with Gasteiger partial charge >= 0.3 is 5.97 Å².